The second kappa shape index (κ2) is 7.51. The first-order chi connectivity index (χ1) is 8.84. The molecule has 1 aliphatic heterocycles. The first-order valence-corrected chi connectivity index (χ1v) is 6.80. The maximum Gasteiger partial charge on any atom is 0.139 e. The monoisotopic (exact) mass is 252 g/mol. The van der Waals surface area contributed by atoms with Gasteiger partial charge in [0.1, 0.15) is 6.73 Å². The first kappa shape index (κ1) is 13.5. The molecule has 1 aromatic heterocycles. The summed E-state index contributed by atoms with van der Waals surface area (Å²) in [5.41, 5.74) is 0. The molecule has 0 aromatic carbocycles. The molecule has 0 unspecified atom stereocenters. The van der Waals surface area contributed by atoms with Crippen molar-refractivity contribution in [3.8, 4) is 0 Å². The zero-order chi connectivity index (χ0) is 12.6. The van der Waals surface area contributed by atoms with Gasteiger partial charge in [0.25, 0.3) is 0 Å². The van der Waals surface area contributed by atoms with Gasteiger partial charge in [-0.25, -0.2) is 4.68 Å². The van der Waals surface area contributed by atoms with Gasteiger partial charge in [-0.3, -0.25) is 0 Å². The topological polar surface area (TPSA) is 33.5 Å². The molecule has 2 rings (SSSR count). The van der Waals surface area contributed by atoms with Crippen LogP contribution in [0.5, 0.6) is 0 Å². The average Bonchev–Trinajstić information content (AvgIpc) is 2.89. The lowest BCUT2D eigenvalue weighted by Crippen LogP contribution is -2.44. The number of hydrogen-bond donors (Lipinski definition) is 0. The van der Waals surface area contributed by atoms with Gasteiger partial charge in [0.05, 0.1) is 0 Å². The lowest BCUT2D eigenvalue weighted by atomic mass is 10.2. The summed E-state index contributed by atoms with van der Waals surface area (Å²) in [5.74, 6) is 0. The highest BCUT2D eigenvalue weighted by Gasteiger charge is 2.12. The van der Waals surface area contributed by atoms with Crippen LogP contribution in [0, 0.1) is 0 Å². The molecule has 2 heterocycles. The lowest BCUT2D eigenvalue weighted by Gasteiger charge is -2.32. The molecule has 102 valence electrons. The molecule has 1 fully saturated rings. The van der Waals surface area contributed by atoms with Crippen LogP contribution in [0.2, 0.25) is 0 Å². The molecule has 1 aliphatic rings. The van der Waals surface area contributed by atoms with Gasteiger partial charge in [0.2, 0.25) is 0 Å². The molecule has 0 radical (unpaired) electrons. The van der Waals surface area contributed by atoms with E-state index in [2.05, 4.69) is 21.9 Å². The third kappa shape index (κ3) is 4.76. The van der Waals surface area contributed by atoms with E-state index in [0.717, 1.165) is 13.0 Å². The van der Waals surface area contributed by atoms with E-state index in [9.17, 15) is 0 Å². The minimum atomic E-state index is 0.571. The number of piperazine rings is 1. The second-order valence-electron chi connectivity index (χ2n) is 4.93. The largest absolute Gasteiger partial charge is 0.359 e. The summed E-state index contributed by atoms with van der Waals surface area (Å²) in [4.78, 5) is 4.94. The Bertz CT molecular complexity index is 307. The molecule has 5 nitrogen and oxygen atoms in total. The molecular formula is C13H24N4O. The Morgan fingerprint density at radius 3 is 2.72 bits per heavy atom. The van der Waals surface area contributed by atoms with Crippen molar-refractivity contribution in [1.82, 2.24) is 19.6 Å². The van der Waals surface area contributed by atoms with Crippen molar-refractivity contribution in [3.05, 3.63) is 18.5 Å². The van der Waals surface area contributed by atoms with E-state index in [1.807, 2.05) is 12.3 Å². The Hall–Kier alpha value is -0.910. The van der Waals surface area contributed by atoms with E-state index >= 15 is 0 Å². The van der Waals surface area contributed by atoms with E-state index < -0.39 is 0 Å². The predicted octanol–water partition coefficient (Wildman–Crippen LogP) is 0.885. The van der Waals surface area contributed by atoms with Crippen molar-refractivity contribution >= 4 is 0 Å². The fourth-order valence-electron chi connectivity index (χ4n) is 2.15. The van der Waals surface area contributed by atoms with Gasteiger partial charge >= 0.3 is 0 Å². The maximum atomic E-state index is 5.56. The summed E-state index contributed by atoms with van der Waals surface area (Å²) >= 11 is 0. The quantitative estimate of drug-likeness (QED) is 0.675. The summed E-state index contributed by atoms with van der Waals surface area (Å²) in [5, 5.41) is 4.09. The molecule has 1 aromatic rings. The van der Waals surface area contributed by atoms with Crippen LogP contribution in [0.1, 0.15) is 12.8 Å². The number of rotatable bonds is 7. The van der Waals surface area contributed by atoms with E-state index in [1.165, 1.54) is 39.1 Å². The zero-order valence-corrected chi connectivity index (χ0v) is 11.3. The van der Waals surface area contributed by atoms with Crippen LogP contribution in [0.15, 0.2) is 18.5 Å². The van der Waals surface area contributed by atoms with Gasteiger partial charge in [-0.2, -0.15) is 5.10 Å². The fraction of sp³-hybridized carbons (Fsp3) is 0.769. The summed E-state index contributed by atoms with van der Waals surface area (Å²) in [7, 11) is 2.19. The van der Waals surface area contributed by atoms with E-state index in [0.29, 0.717) is 6.73 Å². The average molecular weight is 252 g/mol. The van der Waals surface area contributed by atoms with Crippen molar-refractivity contribution in [2.45, 2.75) is 19.6 Å². The molecule has 18 heavy (non-hydrogen) atoms. The molecular weight excluding hydrogens is 228 g/mol. The number of hydrogen-bond acceptors (Lipinski definition) is 4. The van der Waals surface area contributed by atoms with Crippen molar-refractivity contribution in [2.75, 3.05) is 46.4 Å². The van der Waals surface area contributed by atoms with Crippen LogP contribution in [0.25, 0.3) is 0 Å². The minimum absolute atomic E-state index is 0.571. The molecule has 0 atom stereocenters. The van der Waals surface area contributed by atoms with E-state index in [1.54, 1.807) is 10.9 Å². The molecule has 0 bridgehead atoms. The highest BCUT2D eigenvalue weighted by molar-refractivity contribution is 4.76. The number of aromatic nitrogens is 2. The standard InChI is InChI=1S/C13H24N4O/c1-15-8-10-16(11-9-15)6-2-3-12-18-13-17-7-4-5-14-17/h4-5,7H,2-3,6,8-13H2,1H3. The summed E-state index contributed by atoms with van der Waals surface area (Å²) in [6.07, 6.45) is 6.05. The van der Waals surface area contributed by atoms with Crippen LogP contribution in [-0.2, 0) is 11.5 Å². The van der Waals surface area contributed by atoms with Crippen LogP contribution in [0.3, 0.4) is 0 Å². The number of nitrogens with zero attached hydrogens (tertiary/aromatic N) is 4. The fourth-order valence-corrected chi connectivity index (χ4v) is 2.15. The number of likely N-dealkylation sites (N-methyl/N-ethyl adjacent to an activating group) is 1. The molecule has 0 N–H and O–H groups in total. The summed E-state index contributed by atoms with van der Waals surface area (Å²) in [6, 6.07) is 1.91. The normalized spacial score (nSPS) is 18.3. The van der Waals surface area contributed by atoms with Gasteiger partial charge in [-0.05, 0) is 32.5 Å². The third-order valence-corrected chi connectivity index (χ3v) is 3.39. The van der Waals surface area contributed by atoms with Gasteiger partial charge < -0.3 is 14.5 Å². The van der Waals surface area contributed by atoms with Gasteiger partial charge in [-0.15, -0.1) is 0 Å². The summed E-state index contributed by atoms with van der Waals surface area (Å²) < 4.78 is 7.36. The molecule has 1 saturated heterocycles. The SMILES string of the molecule is CN1CCN(CCCCOCn2cccn2)CC1. The molecule has 0 spiro atoms. The molecule has 0 saturated carbocycles. The van der Waals surface area contributed by atoms with Crippen LogP contribution in [0.4, 0.5) is 0 Å². The third-order valence-electron chi connectivity index (χ3n) is 3.39. The van der Waals surface area contributed by atoms with Crippen LogP contribution >= 0.6 is 0 Å². The smallest absolute Gasteiger partial charge is 0.139 e. The lowest BCUT2D eigenvalue weighted by molar-refractivity contribution is 0.0633. The Kier molecular flexibility index (Phi) is 5.64. The number of unbranched alkanes of at least 4 members (excludes halogenated alkanes) is 1. The van der Waals surface area contributed by atoms with Crippen molar-refractivity contribution < 1.29 is 4.74 Å². The van der Waals surface area contributed by atoms with Crippen molar-refractivity contribution in [2.24, 2.45) is 0 Å². The van der Waals surface area contributed by atoms with Crippen molar-refractivity contribution in [1.29, 1.82) is 0 Å². The maximum absolute atomic E-state index is 5.56. The Morgan fingerprint density at radius 1 is 1.17 bits per heavy atom. The molecule has 0 amide bonds. The highest BCUT2D eigenvalue weighted by Crippen LogP contribution is 2.02. The van der Waals surface area contributed by atoms with Gasteiger partial charge in [0.15, 0.2) is 0 Å². The Morgan fingerprint density at radius 2 is 2.00 bits per heavy atom. The first-order valence-electron chi connectivity index (χ1n) is 6.80. The van der Waals surface area contributed by atoms with Gasteiger partial charge in [0, 0.05) is 45.2 Å². The number of ether oxygens (including phenoxy) is 1. The van der Waals surface area contributed by atoms with Gasteiger partial charge in [-0.1, -0.05) is 0 Å². The summed E-state index contributed by atoms with van der Waals surface area (Å²) in [6.45, 7) is 7.44. The van der Waals surface area contributed by atoms with Crippen molar-refractivity contribution in [3.63, 3.8) is 0 Å². The highest BCUT2D eigenvalue weighted by atomic mass is 16.5. The van der Waals surface area contributed by atoms with Crippen LogP contribution < -0.4 is 0 Å². The van der Waals surface area contributed by atoms with Crippen LogP contribution in [-0.4, -0.2) is 66.0 Å². The Labute approximate surface area is 109 Å². The molecule has 5 heteroatoms. The zero-order valence-electron chi connectivity index (χ0n) is 11.3. The van der Waals surface area contributed by atoms with E-state index in [4.69, 9.17) is 4.74 Å². The molecule has 0 aliphatic carbocycles. The van der Waals surface area contributed by atoms with E-state index in [-0.39, 0.29) is 0 Å². The predicted molar refractivity (Wildman–Crippen MR) is 71.4 cm³/mol. The minimum Gasteiger partial charge on any atom is -0.359 e. The Balaban J connectivity index is 1.44. The second-order valence-corrected chi connectivity index (χ2v) is 4.93.